The van der Waals surface area contributed by atoms with Gasteiger partial charge in [-0.3, -0.25) is 0 Å². The van der Waals surface area contributed by atoms with Gasteiger partial charge in [0.1, 0.15) is 5.60 Å². The van der Waals surface area contributed by atoms with E-state index in [2.05, 4.69) is 10.6 Å². The Morgan fingerprint density at radius 2 is 2.05 bits per heavy atom. The van der Waals surface area contributed by atoms with E-state index < -0.39 is 11.6 Å². The molecule has 0 aliphatic heterocycles. The van der Waals surface area contributed by atoms with Crippen molar-refractivity contribution in [3.05, 3.63) is 21.9 Å². The van der Waals surface area contributed by atoms with Gasteiger partial charge in [0.2, 0.25) is 0 Å². The zero-order valence-electron chi connectivity index (χ0n) is 13.0. The fourth-order valence-corrected chi connectivity index (χ4v) is 3.02. The van der Waals surface area contributed by atoms with Gasteiger partial charge < -0.3 is 20.5 Å². The Balaban J connectivity index is 1.65. The molecule has 3 N–H and O–H groups in total. The lowest BCUT2D eigenvalue weighted by molar-refractivity contribution is 0.0464. The van der Waals surface area contributed by atoms with Crippen LogP contribution in [0, 0.1) is 0 Å². The first kappa shape index (κ1) is 16.8. The van der Waals surface area contributed by atoms with E-state index in [1.165, 1.54) is 11.3 Å². The first-order valence-corrected chi connectivity index (χ1v) is 8.14. The maximum Gasteiger partial charge on any atom is 0.407 e. The minimum atomic E-state index is -0.896. The number of carboxylic acids is 1. The molecule has 0 unspecified atom stereocenters. The van der Waals surface area contributed by atoms with Crippen molar-refractivity contribution in [3.8, 4) is 0 Å². The molecule has 122 valence electrons. The number of nitrogens with one attached hydrogen (secondary N) is 2. The SMILES string of the molecule is CC(C)(C)OC(=O)NC1CC(NCc2cc(C(=O)O)cs2)C1. The summed E-state index contributed by atoms with van der Waals surface area (Å²) in [5.41, 5.74) is -0.146. The van der Waals surface area contributed by atoms with Gasteiger partial charge in [0, 0.05) is 28.9 Å². The number of hydrogen-bond donors (Lipinski definition) is 3. The third kappa shape index (κ3) is 4.99. The van der Waals surface area contributed by atoms with Crippen molar-refractivity contribution in [3.63, 3.8) is 0 Å². The summed E-state index contributed by atoms with van der Waals surface area (Å²) in [5, 5.41) is 16.7. The van der Waals surface area contributed by atoms with E-state index in [-0.39, 0.29) is 12.1 Å². The van der Waals surface area contributed by atoms with E-state index in [1.807, 2.05) is 20.8 Å². The first-order valence-electron chi connectivity index (χ1n) is 7.26. The standard InChI is InChI=1S/C15H22N2O4S/c1-15(2,3)21-14(20)17-11-5-10(6-11)16-7-12-4-9(8-22-12)13(18)19/h4,8,10-11,16H,5-7H2,1-3H3,(H,17,20)(H,18,19). The molecule has 1 amide bonds. The molecule has 1 saturated carbocycles. The van der Waals surface area contributed by atoms with Crippen molar-refractivity contribution >= 4 is 23.4 Å². The lowest BCUT2D eigenvalue weighted by Crippen LogP contribution is -2.52. The highest BCUT2D eigenvalue weighted by atomic mass is 32.1. The highest BCUT2D eigenvalue weighted by Crippen LogP contribution is 2.22. The van der Waals surface area contributed by atoms with Crippen LogP contribution in [-0.2, 0) is 11.3 Å². The summed E-state index contributed by atoms with van der Waals surface area (Å²) >= 11 is 1.44. The summed E-state index contributed by atoms with van der Waals surface area (Å²) in [7, 11) is 0. The van der Waals surface area contributed by atoms with Gasteiger partial charge in [-0.2, -0.15) is 0 Å². The summed E-state index contributed by atoms with van der Waals surface area (Å²) in [6.07, 6.45) is 1.34. The molecule has 0 aromatic carbocycles. The zero-order chi connectivity index (χ0) is 16.3. The molecule has 1 aliphatic rings. The van der Waals surface area contributed by atoms with Gasteiger partial charge in [0.05, 0.1) is 5.56 Å². The molecule has 1 aromatic heterocycles. The predicted molar refractivity (Wildman–Crippen MR) is 84.3 cm³/mol. The Bertz CT molecular complexity index is 544. The minimum absolute atomic E-state index is 0.144. The maximum atomic E-state index is 11.6. The fraction of sp³-hybridized carbons (Fsp3) is 0.600. The van der Waals surface area contributed by atoms with E-state index in [9.17, 15) is 9.59 Å². The quantitative estimate of drug-likeness (QED) is 0.774. The normalized spacial score (nSPS) is 21.0. The van der Waals surface area contributed by atoms with Crippen LogP contribution in [0.1, 0.15) is 48.8 Å². The van der Waals surface area contributed by atoms with Crippen molar-refractivity contribution in [2.24, 2.45) is 0 Å². The van der Waals surface area contributed by atoms with Crippen LogP contribution in [0.4, 0.5) is 4.79 Å². The molecule has 22 heavy (non-hydrogen) atoms. The molecule has 0 saturated heterocycles. The molecule has 1 aliphatic carbocycles. The summed E-state index contributed by atoms with van der Waals surface area (Å²) in [6, 6.07) is 2.18. The topological polar surface area (TPSA) is 87.7 Å². The second-order valence-electron chi connectivity index (χ2n) is 6.50. The average molecular weight is 326 g/mol. The second kappa shape index (κ2) is 6.66. The van der Waals surface area contributed by atoms with E-state index in [1.54, 1.807) is 11.4 Å². The third-order valence-electron chi connectivity index (χ3n) is 3.32. The monoisotopic (exact) mass is 326 g/mol. The Morgan fingerprint density at radius 1 is 1.36 bits per heavy atom. The van der Waals surface area contributed by atoms with Crippen LogP contribution in [0.15, 0.2) is 11.4 Å². The number of carboxylic acid groups (broad SMARTS) is 1. The van der Waals surface area contributed by atoms with Gasteiger partial charge in [-0.25, -0.2) is 9.59 Å². The second-order valence-corrected chi connectivity index (χ2v) is 7.50. The molecular formula is C15H22N2O4S. The molecule has 7 heteroatoms. The molecule has 1 aromatic rings. The maximum absolute atomic E-state index is 11.6. The number of thiophene rings is 1. The lowest BCUT2D eigenvalue weighted by Gasteiger charge is -2.36. The number of ether oxygens (including phenoxy) is 1. The smallest absolute Gasteiger partial charge is 0.407 e. The molecule has 2 rings (SSSR count). The number of hydrogen-bond acceptors (Lipinski definition) is 5. The van der Waals surface area contributed by atoms with Crippen molar-refractivity contribution in [1.82, 2.24) is 10.6 Å². The lowest BCUT2D eigenvalue weighted by atomic mass is 9.87. The summed E-state index contributed by atoms with van der Waals surface area (Å²) in [5.74, 6) is -0.896. The van der Waals surface area contributed by atoms with E-state index in [0.29, 0.717) is 18.2 Å². The van der Waals surface area contributed by atoms with Crippen LogP contribution >= 0.6 is 11.3 Å². The molecule has 0 spiro atoms. The van der Waals surface area contributed by atoms with Gasteiger partial charge in [-0.15, -0.1) is 11.3 Å². The minimum Gasteiger partial charge on any atom is -0.478 e. The number of carbonyl (C=O) groups excluding carboxylic acids is 1. The fourth-order valence-electron chi connectivity index (χ4n) is 2.21. The van der Waals surface area contributed by atoms with Gasteiger partial charge >= 0.3 is 12.1 Å². The van der Waals surface area contributed by atoms with Gasteiger partial charge in [0.15, 0.2) is 0 Å². The van der Waals surface area contributed by atoms with Crippen LogP contribution in [-0.4, -0.2) is 34.9 Å². The molecule has 0 radical (unpaired) electrons. The Kier molecular flexibility index (Phi) is 5.08. The van der Waals surface area contributed by atoms with Crippen LogP contribution in [0.2, 0.25) is 0 Å². The third-order valence-corrected chi connectivity index (χ3v) is 4.26. The van der Waals surface area contributed by atoms with Gasteiger partial charge in [-0.1, -0.05) is 0 Å². The highest BCUT2D eigenvalue weighted by Gasteiger charge is 2.31. The predicted octanol–water partition coefficient (Wildman–Crippen LogP) is 2.59. The van der Waals surface area contributed by atoms with Crippen LogP contribution < -0.4 is 10.6 Å². The van der Waals surface area contributed by atoms with E-state index in [0.717, 1.165) is 17.7 Å². The van der Waals surface area contributed by atoms with Crippen LogP contribution in [0.5, 0.6) is 0 Å². The summed E-state index contributed by atoms with van der Waals surface area (Å²) in [6.45, 7) is 6.17. The molecule has 0 bridgehead atoms. The largest absolute Gasteiger partial charge is 0.478 e. The van der Waals surface area contributed by atoms with Gasteiger partial charge in [-0.05, 0) is 39.7 Å². The van der Waals surface area contributed by atoms with Gasteiger partial charge in [0.25, 0.3) is 0 Å². The van der Waals surface area contributed by atoms with Crippen LogP contribution in [0.3, 0.4) is 0 Å². The number of alkyl carbamates (subject to hydrolysis) is 1. The molecule has 1 heterocycles. The average Bonchev–Trinajstić information content (AvgIpc) is 2.78. The summed E-state index contributed by atoms with van der Waals surface area (Å²) < 4.78 is 5.21. The van der Waals surface area contributed by atoms with Crippen LogP contribution in [0.25, 0.3) is 0 Å². The van der Waals surface area contributed by atoms with Crippen molar-refractivity contribution in [2.75, 3.05) is 0 Å². The Labute approximate surface area is 133 Å². The Morgan fingerprint density at radius 3 is 2.59 bits per heavy atom. The number of amides is 1. The molecule has 6 nitrogen and oxygen atoms in total. The van der Waals surface area contributed by atoms with E-state index in [4.69, 9.17) is 9.84 Å². The van der Waals surface area contributed by atoms with Crippen molar-refractivity contribution in [2.45, 2.75) is 57.8 Å². The van der Waals surface area contributed by atoms with Crippen molar-refractivity contribution < 1.29 is 19.4 Å². The Hall–Kier alpha value is -1.60. The highest BCUT2D eigenvalue weighted by molar-refractivity contribution is 7.10. The summed E-state index contributed by atoms with van der Waals surface area (Å²) in [4.78, 5) is 23.4. The number of rotatable bonds is 5. The molecule has 0 atom stereocenters. The molecule has 1 fully saturated rings. The molecular weight excluding hydrogens is 304 g/mol. The van der Waals surface area contributed by atoms with E-state index >= 15 is 0 Å². The number of carbonyl (C=O) groups is 2. The van der Waals surface area contributed by atoms with Crippen molar-refractivity contribution in [1.29, 1.82) is 0 Å². The number of aromatic carboxylic acids is 1. The first-order chi connectivity index (χ1) is 10.2. The zero-order valence-corrected chi connectivity index (χ0v) is 13.8.